The van der Waals surface area contributed by atoms with E-state index in [9.17, 15) is 4.79 Å². The maximum Gasteiger partial charge on any atom is 0.320 e. The van der Waals surface area contributed by atoms with Crippen molar-refractivity contribution in [2.24, 2.45) is 0 Å². The number of ether oxygens (including phenoxy) is 1. The first-order valence-corrected chi connectivity index (χ1v) is 5.83. The lowest BCUT2D eigenvalue weighted by Gasteiger charge is -2.15. The van der Waals surface area contributed by atoms with Crippen LogP contribution in [0.4, 0.5) is 5.69 Å². The zero-order valence-corrected chi connectivity index (χ0v) is 10.3. The second-order valence-electron chi connectivity index (χ2n) is 4.71. The average molecular weight is 234 g/mol. The fraction of sp³-hybridized carbons (Fsp3) is 0.462. The van der Waals surface area contributed by atoms with Crippen molar-refractivity contribution in [2.45, 2.75) is 33.0 Å². The highest BCUT2D eigenvalue weighted by Gasteiger charge is 2.21. The van der Waals surface area contributed by atoms with Crippen LogP contribution in [0, 0.1) is 0 Å². The molecule has 0 saturated heterocycles. The Balaban J connectivity index is 1.94. The smallest absolute Gasteiger partial charge is 0.320 e. The summed E-state index contributed by atoms with van der Waals surface area (Å²) in [6.07, 6.45) is -0.0527. The van der Waals surface area contributed by atoms with Crippen molar-refractivity contribution in [3.63, 3.8) is 0 Å². The zero-order valence-electron chi connectivity index (χ0n) is 10.3. The number of nitrogen functional groups attached to an aromatic ring is 1. The van der Waals surface area contributed by atoms with Gasteiger partial charge in [-0.05, 0) is 37.1 Å². The summed E-state index contributed by atoms with van der Waals surface area (Å²) < 4.78 is 5.13. The summed E-state index contributed by atoms with van der Waals surface area (Å²) in [6.45, 7) is 5.62. The Bertz CT molecular complexity index is 429. The fourth-order valence-corrected chi connectivity index (χ4v) is 2.08. The van der Waals surface area contributed by atoms with Gasteiger partial charge in [-0.2, -0.15) is 0 Å². The summed E-state index contributed by atoms with van der Waals surface area (Å²) in [4.78, 5) is 13.6. The number of esters is 1. The summed E-state index contributed by atoms with van der Waals surface area (Å²) in [6, 6.07) is 5.90. The highest BCUT2D eigenvalue weighted by Crippen LogP contribution is 2.24. The standard InChI is InChI=1S/C13H18N2O2/c1-9(2)17-13(16)8-15-6-10-3-4-12(14)5-11(10)7-15/h3-5,9H,6-8,14H2,1-2H3. The van der Waals surface area contributed by atoms with Gasteiger partial charge in [0.25, 0.3) is 0 Å². The number of fused-ring (bicyclic) bond motifs is 1. The van der Waals surface area contributed by atoms with Crippen LogP contribution in [0.2, 0.25) is 0 Å². The van der Waals surface area contributed by atoms with Crippen molar-refractivity contribution in [2.75, 3.05) is 12.3 Å². The third-order valence-corrected chi connectivity index (χ3v) is 2.74. The minimum absolute atomic E-state index is 0.0527. The second kappa shape index (κ2) is 4.75. The molecule has 2 N–H and O–H groups in total. The Labute approximate surface area is 101 Å². The Morgan fingerprint density at radius 3 is 2.82 bits per heavy atom. The van der Waals surface area contributed by atoms with Crippen LogP contribution in [0.1, 0.15) is 25.0 Å². The number of rotatable bonds is 3. The van der Waals surface area contributed by atoms with Gasteiger partial charge >= 0.3 is 5.97 Å². The molecule has 1 heterocycles. The Kier molecular flexibility index (Phi) is 3.33. The molecule has 0 amide bonds. The van der Waals surface area contributed by atoms with Crippen LogP contribution >= 0.6 is 0 Å². The number of nitrogens with two attached hydrogens (primary N) is 1. The molecule has 92 valence electrons. The Hall–Kier alpha value is -1.55. The molecule has 4 heteroatoms. The van der Waals surface area contributed by atoms with E-state index in [4.69, 9.17) is 10.5 Å². The van der Waals surface area contributed by atoms with Crippen LogP contribution in [0.25, 0.3) is 0 Å². The van der Waals surface area contributed by atoms with Crippen molar-refractivity contribution in [3.8, 4) is 0 Å². The third-order valence-electron chi connectivity index (χ3n) is 2.74. The zero-order chi connectivity index (χ0) is 12.4. The van der Waals surface area contributed by atoms with Crippen LogP contribution in [-0.2, 0) is 22.6 Å². The number of anilines is 1. The number of hydrogen-bond donors (Lipinski definition) is 1. The highest BCUT2D eigenvalue weighted by atomic mass is 16.5. The summed E-state index contributed by atoms with van der Waals surface area (Å²) in [7, 11) is 0. The van der Waals surface area contributed by atoms with Crippen molar-refractivity contribution in [3.05, 3.63) is 29.3 Å². The summed E-state index contributed by atoms with van der Waals surface area (Å²) >= 11 is 0. The van der Waals surface area contributed by atoms with Crippen molar-refractivity contribution in [1.29, 1.82) is 0 Å². The van der Waals surface area contributed by atoms with Gasteiger partial charge in [0.15, 0.2) is 0 Å². The van der Waals surface area contributed by atoms with E-state index < -0.39 is 0 Å². The van der Waals surface area contributed by atoms with E-state index in [1.165, 1.54) is 11.1 Å². The minimum atomic E-state index is -0.166. The quantitative estimate of drug-likeness (QED) is 0.636. The molecule has 0 fully saturated rings. The molecule has 1 aliphatic rings. The molecule has 0 atom stereocenters. The molecular weight excluding hydrogens is 216 g/mol. The van der Waals surface area contributed by atoms with Crippen LogP contribution in [-0.4, -0.2) is 23.5 Å². The van der Waals surface area contributed by atoms with Crippen molar-refractivity contribution in [1.82, 2.24) is 4.90 Å². The first kappa shape index (κ1) is 11.9. The van der Waals surface area contributed by atoms with E-state index in [1.54, 1.807) is 0 Å². The summed E-state index contributed by atoms with van der Waals surface area (Å²) in [5.74, 6) is -0.166. The lowest BCUT2D eigenvalue weighted by molar-refractivity contribution is -0.148. The molecule has 0 radical (unpaired) electrons. The van der Waals surface area contributed by atoms with Gasteiger partial charge in [0.1, 0.15) is 0 Å². The molecule has 0 bridgehead atoms. The minimum Gasteiger partial charge on any atom is -0.462 e. The predicted molar refractivity (Wildman–Crippen MR) is 66.2 cm³/mol. The van der Waals surface area contributed by atoms with Crippen molar-refractivity contribution < 1.29 is 9.53 Å². The number of nitrogens with zero attached hydrogens (tertiary/aromatic N) is 1. The maximum absolute atomic E-state index is 11.5. The summed E-state index contributed by atoms with van der Waals surface area (Å²) in [5, 5.41) is 0. The predicted octanol–water partition coefficient (Wildman–Crippen LogP) is 1.54. The average Bonchev–Trinajstić information content (AvgIpc) is 2.57. The van der Waals surface area contributed by atoms with Crippen LogP contribution in [0.5, 0.6) is 0 Å². The SMILES string of the molecule is CC(C)OC(=O)CN1Cc2ccc(N)cc2C1. The first-order valence-electron chi connectivity index (χ1n) is 5.83. The molecule has 4 nitrogen and oxygen atoms in total. The van der Waals surface area contributed by atoms with Gasteiger partial charge in [-0.3, -0.25) is 9.69 Å². The first-order chi connectivity index (χ1) is 8.04. The molecule has 1 aliphatic heterocycles. The highest BCUT2D eigenvalue weighted by molar-refractivity contribution is 5.72. The largest absolute Gasteiger partial charge is 0.462 e. The monoisotopic (exact) mass is 234 g/mol. The topological polar surface area (TPSA) is 55.6 Å². The van der Waals surface area contributed by atoms with E-state index >= 15 is 0 Å². The van der Waals surface area contributed by atoms with E-state index in [0.717, 1.165) is 18.8 Å². The third kappa shape index (κ3) is 2.97. The molecule has 0 unspecified atom stereocenters. The van der Waals surface area contributed by atoms with Crippen LogP contribution in [0.3, 0.4) is 0 Å². The Morgan fingerprint density at radius 1 is 1.41 bits per heavy atom. The number of benzene rings is 1. The van der Waals surface area contributed by atoms with E-state index in [-0.39, 0.29) is 12.1 Å². The number of carbonyl (C=O) groups is 1. The maximum atomic E-state index is 11.5. The van der Waals surface area contributed by atoms with Crippen molar-refractivity contribution >= 4 is 11.7 Å². The van der Waals surface area contributed by atoms with E-state index in [0.29, 0.717) is 6.54 Å². The molecule has 2 rings (SSSR count). The second-order valence-corrected chi connectivity index (χ2v) is 4.71. The Morgan fingerprint density at radius 2 is 2.12 bits per heavy atom. The van der Waals surface area contributed by atoms with Gasteiger partial charge in [-0.25, -0.2) is 0 Å². The molecule has 0 spiro atoms. The molecule has 1 aromatic rings. The molecule has 0 aliphatic carbocycles. The van der Waals surface area contributed by atoms with E-state index in [1.807, 2.05) is 32.0 Å². The molecular formula is C13H18N2O2. The van der Waals surface area contributed by atoms with Gasteiger partial charge in [-0.1, -0.05) is 6.07 Å². The van der Waals surface area contributed by atoms with E-state index in [2.05, 4.69) is 4.90 Å². The summed E-state index contributed by atoms with van der Waals surface area (Å²) in [5.41, 5.74) is 8.96. The lowest BCUT2D eigenvalue weighted by atomic mass is 10.1. The van der Waals surface area contributed by atoms with Gasteiger partial charge in [0.05, 0.1) is 12.6 Å². The lowest BCUT2D eigenvalue weighted by Crippen LogP contribution is -2.27. The normalized spacial score (nSPS) is 15.0. The van der Waals surface area contributed by atoms with Crippen LogP contribution < -0.4 is 5.73 Å². The fourth-order valence-electron chi connectivity index (χ4n) is 2.08. The molecule has 17 heavy (non-hydrogen) atoms. The van der Waals surface area contributed by atoms with Gasteiger partial charge in [0.2, 0.25) is 0 Å². The van der Waals surface area contributed by atoms with Crippen LogP contribution in [0.15, 0.2) is 18.2 Å². The van der Waals surface area contributed by atoms with Gasteiger partial charge < -0.3 is 10.5 Å². The molecule has 0 saturated carbocycles. The van der Waals surface area contributed by atoms with Gasteiger partial charge in [-0.15, -0.1) is 0 Å². The molecule has 1 aromatic carbocycles. The molecule has 0 aromatic heterocycles. The van der Waals surface area contributed by atoms with Gasteiger partial charge in [0, 0.05) is 18.8 Å². The number of carbonyl (C=O) groups excluding carboxylic acids is 1. The number of hydrogen-bond acceptors (Lipinski definition) is 4.